The van der Waals surface area contributed by atoms with Gasteiger partial charge in [-0.2, -0.15) is 5.10 Å². The van der Waals surface area contributed by atoms with Gasteiger partial charge in [0.1, 0.15) is 5.76 Å². The summed E-state index contributed by atoms with van der Waals surface area (Å²) in [7, 11) is 0. The van der Waals surface area contributed by atoms with Gasteiger partial charge < -0.3 is 4.74 Å². The molecule has 3 nitrogen and oxygen atoms in total. The summed E-state index contributed by atoms with van der Waals surface area (Å²) in [5.41, 5.74) is 0.925. The van der Waals surface area contributed by atoms with Gasteiger partial charge in [0.05, 0.1) is 12.3 Å². The summed E-state index contributed by atoms with van der Waals surface area (Å²) in [5.74, 6) is 0.852. The number of aromatic amines is 1. The first-order valence-corrected chi connectivity index (χ1v) is 3.67. The van der Waals surface area contributed by atoms with Crippen molar-refractivity contribution in [2.45, 2.75) is 13.8 Å². The number of nitrogens with zero attached hydrogens (tertiary/aromatic N) is 1. The van der Waals surface area contributed by atoms with Gasteiger partial charge in [0.2, 0.25) is 0 Å². The molecule has 0 aliphatic rings. The number of hydrogen-bond acceptors (Lipinski definition) is 2. The number of rotatable bonds is 3. The maximum Gasteiger partial charge on any atom is 0.140 e. The summed E-state index contributed by atoms with van der Waals surface area (Å²) in [5, 5.41) is 6.66. The molecule has 1 rings (SSSR count). The number of aromatic nitrogens is 2. The molecule has 11 heavy (non-hydrogen) atoms. The van der Waals surface area contributed by atoms with Crippen LogP contribution in [0.3, 0.4) is 0 Å². The molecule has 0 bridgehead atoms. The fourth-order valence-electron chi connectivity index (χ4n) is 0.865. The standard InChI is InChI=1S/C8H12N2O/c1-3-8(11-4-2)7-5-6-9-10-7/h3,5-6H,4H2,1-2H3,(H,9,10)/b8-3-. The fourth-order valence-corrected chi connectivity index (χ4v) is 0.865. The van der Waals surface area contributed by atoms with Crippen molar-refractivity contribution in [1.82, 2.24) is 10.2 Å². The van der Waals surface area contributed by atoms with Gasteiger partial charge in [0, 0.05) is 6.20 Å². The Morgan fingerprint density at radius 3 is 3.09 bits per heavy atom. The fraction of sp³-hybridized carbons (Fsp3) is 0.375. The topological polar surface area (TPSA) is 37.9 Å². The van der Waals surface area contributed by atoms with Crippen molar-refractivity contribution < 1.29 is 4.74 Å². The summed E-state index contributed by atoms with van der Waals surface area (Å²) in [6.07, 6.45) is 3.62. The zero-order valence-corrected chi connectivity index (χ0v) is 6.79. The molecule has 0 aliphatic carbocycles. The molecular weight excluding hydrogens is 140 g/mol. The second kappa shape index (κ2) is 3.81. The molecule has 0 spiro atoms. The van der Waals surface area contributed by atoms with Gasteiger partial charge in [0.15, 0.2) is 0 Å². The Kier molecular flexibility index (Phi) is 2.72. The SMILES string of the molecule is C/C=C(\OCC)c1ccn[nH]1. The van der Waals surface area contributed by atoms with Crippen LogP contribution in [-0.2, 0) is 4.74 Å². The van der Waals surface area contributed by atoms with Crippen LogP contribution in [-0.4, -0.2) is 16.8 Å². The van der Waals surface area contributed by atoms with Crippen LogP contribution in [0, 0.1) is 0 Å². The highest BCUT2D eigenvalue weighted by atomic mass is 16.5. The van der Waals surface area contributed by atoms with Crippen LogP contribution < -0.4 is 0 Å². The van der Waals surface area contributed by atoms with E-state index in [1.54, 1.807) is 6.20 Å². The molecule has 0 amide bonds. The largest absolute Gasteiger partial charge is 0.492 e. The number of nitrogens with one attached hydrogen (secondary N) is 1. The zero-order valence-electron chi connectivity index (χ0n) is 6.79. The maximum absolute atomic E-state index is 5.33. The van der Waals surface area contributed by atoms with E-state index in [1.807, 2.05) is 26.0 Å². The molecule has 0 unspecified atom stereocenters. The Hall–Kier alpha value is -1.25. The third-order valence-corrected chi connectivity index (χ3v) is 1.33. The second-order valence-corrected chi connectivity index (χ2v) is 2.06. The van der Waals surface area contributed by atoms with Crippen LogP contribution in [0.2, 0.25) is 0 Å². The molecule has 0 saturated heterocycles. The lowest BCUT2D eigenvalue weighted by molar-refractivity contribution is 0.296. The maximum atomic E-state index is 5.33. The lowest BCUT2D eigenvalue weighted by Gasteiger charge is -2.03. The Morgan fingerprint density at radius 2 is 2.64 bits per heavy atom. The van der Waals surface area contributed by atoms with Gasteiger partial charge >= 0.3 is 0 Å². The van der Waals surface area contributed by atoms with Gasteiger partial charge in [-0.3, -0.25) is 5.10 Å². The first-order valence-electron chi connectivity index (χ1n) is 3.67. The summed E-state index contributed by atoms with van der Waals surface area (Å²) in [4.78, 5) is 0. The van der Waals surface area contributed by atoms with E-state index in [2.05, 4.69) is 10.2 Å². The highest BCUT2D eigenvalue weighted by Crippen LogP contribution is 2.11. The summed E-state index contributed by atoms with van der Waals surface area (Å²) < 4.78 is 5.33. The van der Waals surface area contributed by atoms with E-state index in [-0.39, 0.29) is 0 Å². The first kappa shape index (κ1) is 7.85. The molecule has 1 heterocycles. The average molecular weight is 152 g/mol. The van der Waals surface area contributed by atoms with Crippen LogP contribution in [0.5, 0.6) is 0 Å². The molecule has 0 fully saturated rings. The van der Waals surface area contributed by atoms with Gasteiger partial charge in [0.25, 0.3) is 0 Å². The van der Waals surface area contributed by atoms with E-state index in [0.29, 0.717) is 6.61 Å². The van der Waals surface area contributed by atoms with Crippen molar-refractivity contribution in [1.29, 1.82) is 0 Å². The summed E-state index contributed by atoms with van der Waals surface area (Å²) >= 11 is 0. The lowest BCUT2D eigenvalue weighted by atomic mass is 10.3. The monoisotopic (exact) mass is 152 g/mol. The quantitative estimate of drug-likeness (QED) is 0.671. The minimum absolute atomic E-state index is 0.679. The van der Waals surface area contributed by atoms with E-state index in [1.165, 1.54) is 0 Å². The van der Waals surface area contributed by atoms with Crippen molar-refractivity contribution in [3.63, 3.8) is 0 Å². The number of ether oxygens (including phenoxy) is 1. The molecule has 0 saturated carbocycles. The van der Waals surface area contributed by atoms with Crippen molar-refractivity contribution in [3.05, 3.63) is 24.0 Å². The molecule has 1 aromatic rings. The van der Waals surface area contributed by atoms with Crippen LogP contribution in [0.1, 0.15) is 19.5 Å². The van der Waals surface area contributed by atoms with E-state index in [9.17, 15) is 0 Å². The molecule has 0 aromatic carbocycles. The predicted molar refractivity (Wildman–Crippen MR) is 43.9 cm³/mol. The van der Waals surface area contributed by atoms with Crippen molar-refractivity contribution in [3.8, 4) is 0 Å². The summed E-state index contributed by atoms with van der Waals surface area (Å²) in [6, 6.07) is 1.88. The van der Waals surface area contributed by atoms with E-state index in [0.717, 1.165) is 11.5 Å². The normalized spacial score (nSPS) is 11.6. The molecule has 3 heteroatoms. The van der Waals surface area contributed by atoms with Crippen molar-refractivity contribution in [2.75, 3.05) is 6.61 Å². The smallest absolute Gasteiger partial charge is 0.140 e. The molecule has 0 aliphatic heterocycles. The van der Waals surface area contributed by atoms with E-state index in [4.69, 9.17) is 4.74 Å². The Labute approximate surface area is 66.1 Å². The van der Waals surface area contributed by atoms with Crippen LogP contribution in [0.15, 0.2) is 18.3 Å². The Balaban J connectivity index is 2.72. The van der Waals surface area contributed by atoms with Crippen LogP contribution in [0.25, 0.3) is 5.76 Å². The highest BCUT2D eigenvalue weighted by Gasteiger charge is 1.99. The van der Waals surface area contributed by atoms with Crippen molar-refractivity contribution >= 4 is 5.76 Å². The van der Waals surface area contributed by atoms with Gasteiger partial charge in [-0.15, -0.1) is 0 Å². The van der Waals surface area contributed by atoms with Crippen molar-refractivity contribution in [2.24, 2.45) is 0 Å². The lowest BCUT2D eigenvalue weighted by Crippen LogP contribution is -1.91. The third kappa shape index (κ3) is 1.83. The van der Waals surface area contributed by atoms with Gasteiger partial charge in [-0.1, -0.05) is 0 Å². The average Bonchev–Trinajstić information content (AvgIpc) is 2.52. The molecule has 1 aromatic heterocycles. The number of H-pyrrole nitrogens is 1. The third-order valence-electron chi connectivity index (χ3n) is 1.33. The zero-order chi connectivity index (χ0) is 8.10. The number of allylic oxidation sites excluding steroid dienone is 1. The van der Waals surface area contributed by atoms with Gasteiger partial charge in [-0.25, -0.2) is 0 Å². The Morgan fingerprint density at radius 1 is 1.82 bits per heavy atom. The minimum atomic E-state index is 0.679. The van der Waals surface area contributed by atoms with Crippen LogP contribution in [0.4, 0.5) is 0 Å². The Bertz CT molecular complexity index is 226. The first-order chi connectivity index (χ1) is 5.38. The molecule has 0 atom stereocenters. The molecular formula is C8H12N2O. The molecule has 0 radical (unpaired) electrons. The van der Waals surface area contributed by atoms with Crippen LogP contribution >= 0.6 is 0 Å². The number of hydrogen-bond donors (Lipinski definition) is 1. The second-order valence-electron chi connectivity index (χ2n) is 2.06. The summed E-state index contributed by atoms with van der Waals surface area (Å²) in [6.45, 7) is 4.57. The predicted octanol–water partition coefficient (Wildman–Crippen LogP) is 1.81. The van der Waals surface area contributed by atoms with E-state index >= 15 is 0 Å². The molecule has 60 valence electrons. The highest BCUT2D eigenvalue weighted by molar-refractivity contribution is 5.54. The van der Waals surface area contributed by atoms with E-state index < -0.39 is 0 Å². The van der Waals surface area contributed by atoms with Gasteiger partial charge in [-0.05, 0) is 26.0 Å². The molecule has 1 N–H and O–H groups in total. The minimum Gasteiger partial charge on any atom is -0.492 e.